The molecule has 80 valence electrons. The highest BCUT2D eigenvalue weighted by atomic mass is 16.5. The number of nitrogens with one attached hydrogen (secondary N) is 1. The van der Waals surface area contributed by atoms with Gasteiger partial charge in [0, 0.05) is 12.1 Å². The van der Waals surface area contributed by atoms with E-state index < -0.39 is 5.97 Å². The third kappa shape index (κ3) is 1.68. The second-order valence-corrected chi connectivity index (χ2v) is 3.50. The first kappa shape index (κ1) is 9.98. The lowest BCUT2D eigenvalue weighted by Crippen LogP contribution is -2.26. The highest BCUT2D eigenvalue weighted by molar-refractivity contribution is 5.90. The molecule has 2 N–H and O–H groups in total. The summed E-state index contributed by atoms with van der Waals surface area (Å²) < 4.78 is 5.23. The second-order valence-electron chi connectivity index (χ2n) is 3.50. The van der Waals surface area contributed by atoms with Gasteiger partial charge in [0.15, 0.2) is 0 Å². The monoisotopic (exact) mass is 207 g/mol. The van der Waals surface area contributed by atoms with Crippen LogP contribution in [0.2, 0.25) is 0 Å². The number of hydrogen-bond donors (Lipinski definition) is 2. The van der Waals surface area contributed by atoms with E-state index in [2.05, 4.69) is 5.32 Å². The summed E-state index contributed by atoms with van der Waals surface area (Å²) in [6, 6.07) is 3.33. The van der Waals surface area contributed by atoms with Gasteiger partial charge >= 0.3 is 5.97 Å². The zero-order chi connectivity index (χ0) is 10.8. The van der Waals surface area contributed by atoms with Gasteiger partial charge in [0.25, 0.3) is 0 Å². The van der Waals surface area contributed by atoms with E-state index >= 15 is 0 Å². The van der Waals surface area contributed by atoms with Crippen LogP contribution in [0.25, 0.3) is 0 Å². The van der Waals surface area contributed by atoms with Crippen LogP contribution in [0.3, 0.4) is 0 Å². The molecule has 0 bridgehead atoms. The van der Waals surface area contributed by atoms with Crippen molar-refractivity contribution in [3.63, 3.8) is 0 Å². The Morgan fingerprint density at radius 3 is 2.93 bits per heavy atom. The lowest BCUT2D eigenvalue weighted by Gasteiger charge is -2.21. The van der Waals surface area contributed by atoms with Crippen LogP contribution >= 0.6 is 0 Å². The predicted molar refractivity (Wildman–Crippen MR) is 55.4 cm³/mol. The van der Waals surface area contributed by atoms with Crippen molar-refractivity contribution in [1.29, 1.82) is 0 Å². The predicted octanol–water partition coefficient (Wildman–Crippen LogP) is 1.04. The molecule has 2 rings (SSSR count). The fraction of sp³-hybridized carbons (Fsp3) is 0.364. The van der Waals surface area contributed by atoms with E-state index in [4.69, 9.17) is 9.84 Å². The van der Waals surface area contributed by atoms with Crippen molar-refractivity contribution in [2.75, 3.05) is 13.7 Å². The number of ether oxygens (including phenoxy) is 1. The Labute approximate surface area is 87.9 Å². The SMILES string of the molecule is COc1ccc(C(=O)O)c2c1CCNC2. The van der Waals surface area contributed by atoms with Crippen molar-refractivity contribution in [2.24, 2.45) is 0 Å². The van der Waals surface area contributed by atoms with E-state index in [1.807, 2.05) is 0 Å². The number of fused-ring (bicyclic) bond motifs is 1. The number of aromatic carboxylic acids is 1. The first-order chi connectivity index (χ1) is 7.24. The molecule has 0 saturated heterocycles. The topological polar surface area (TPSA) is 58.6 Å². The Balaban J connectivity index is 2.57. The molecule has 1 aromatic carbocycles. The number of rotatable bonds is 2. The van der Waals surface area contributed by atoms with Gasteiger partial charge in [-0.3, -0.25) is 0 Å². The number of hydrogen-bond acceptors (Lipinski definition) is 3. The molecule has 0 spiro atoms. The van der Waals surface area contributed by atoms with E-state index in [-0.39, 0.29) is 0 Å². The van der Waals surface area contributed by atoms with Crippen LogP contribution in [0.1, 0.15) is 21.5 Å². The quantitative estimate of drug-likeness (QED) is 0.760. The van der Waals surface area contributed by atoms with Crippen LogP contribution < -0.4 is 10.1 Å². The molecule has 1 aliphatic rings. The Hall–Kier alpha value is -1.55. The van der Waals surface area contributed by atoms with Crippen molar-refractivity contribution >= 4 is 5.97 Å². The molecule has 0 radical (unpaired) electrons. The average molecular weight is 207 g/mol. The third-order valence-corrected chi connectivity index (χ3v) is 2.69. The summed E-state index contributed by atoms with van der Waals surface area (Å²) in [7, 11) is 1.61. The fourth-order valence-electron chi connectivity index (χ4n) is 1.97. The lowest BCUT2D eigenvalue weighted by atomic mass is 9.95. The van der Waals surface area contributed by atoms with Gasteiger partial charge < -0.3 is 15.2 Å². The van der Waals surface area contributed by atoms with E-state index in [9.17, 15) is 4.79 Å². The fourth-order valence-corrected chi connectivity index (χ4v) is 1.97. The summed E-state index contributed by atoms with van der Waals surface area (Å²) in [4.78, 5) is 11.0. The molecular weight excluding hydrogens is 194 g/mol. The summed E-state index contributed by atoms with van der Waals surface area (Å²) >= 11 is 0. The Morgan fingerprint density at radius 2 is 2.27 bits per heavy atom. The molecule has 4 nitrogen and oxygen atoms in total. The molecule has 1 aliphatic heterocycles. The van der Waals surface area contributed by atoms with Crippen molar-refractivity contribution in [1.82, 2.24) is 5.32 Å². The molecular formula is C11H13NO3. The molecule has 1 aromatic rings. The van der Waals surface area contributed by atoms with Crippen LogP contribution in [0.5, 0.6) is 5.75 Å². The van der Waals surface area contributed by atoms with Gasteiger partial charge in [-0.05, 0) is 30.7 Å². The third-order valence-electron chi connectivity index (χ3n) is 2.69. The summed E-state index contributed by atoms with van der Waals surface area (Å²) in [6.07, 6.45) is 0.819. The zero-order valence-electron chi connectivity index (χ0n) is 8.54. The average Bonchev–Trinajstić information content (AvgIpc) is 2.27. The van der Waals surface area contributed by atoms with Crippen molar-refractivity contribution in [2.45, 2.75) is 13.0 Å². The first-order valence-electron chi connectivity index (χ1n) is 4.87. The minimum absolute atomic E-state index is 0.373. The summed E-state index contributed by atoms with van der Waals surface area (Å²) in [5.74, 6) is -0.0888. The van der Waals surface area contributed by atoms with E-state index in [1.165, 1.54) is 0 Å². The molecule has 15 heavy (non-hydrogen) atoms. The molecule has 1 heterocycles. The summed E-state index contributed by atoms with van der Waals surface area (Å²) in [5, 5.41) is 12.2. The summed E-state index contributed by atoms with van der Waals surface area (Å²) in [6.45, 7) is 1.47. The highest BCUT2D eigenvalue weighted by Crippen LogP contribution is 2.28. The molecule has 0 aromatic heterocycles. The van der Waals surface area contributed by atoms with Crippen LogP contribution in [-0.2, 0) is 13.0 Å². The minimum atomic E-state index is -0.877. The molecule has 4 heteroatoms. The van der Waals surface area contributed by atoms with E-state index in [0.29, 0.717) is 12.1 Å². The van der Waals surface area contributed by atoms with Gasteiger partial charge in [0.2, 0.25) is 0 Å². The largest absolute Gasteiger partial charge is 0.496 e. The summed E-state index contributed by atoms with van der Waals surface area (Å²) in [5.41, 5.74) is 2.25. The number of methoxy groups -OCH3 is 1. The van der Waals surface area contributed by atoms with Crippen LogP contribution in [0.15, 0.2) is 12.1 Å². The van der Waals surface area contributed by atoms with Gasteiger partial charge in [-0.25, -0.2) is 4.79 Å². The molecule has 0 amide bonds. The maximum absolute atomic E-state index is 11.0. The van der Waals surface area contributed by atoms with Crippen molar-refractivity contribution in [3.05, 3.63) is 28.8 Å². The molecule has 0 unspecified atom stereocenters. The Bertz CT molecular complexity index is 401. The zero-order valence-corrected chi connectivity index (χ0v) is 8.54. The van der Waals surface area contributed by atoms with Crippen LogP contribution in [0.4, 0.5) is 0 Å². The van der Waals surface area contributed by atoms with Gasteiger partial charge in [0.05, 0.1) is 12.7 Å². The molecule has 0 saturated carbocycles. The van der Waals surface area contributed by atoms with Gasteiger partial charge in [-0.2, -0.15) is 0 Å². The second kappa shape index (κ2) is 3.90. The molecule has 0 atom stereocenters. The number of carbonyl (C=O) groups is 1. The lowest BCUT2D eigenvalue weighted by molar-refractivity contribution is 0.0695. The van der Waals surface area contributed by atoms with Crippen LogP contribution in [0, 0.1) is 0 Å². The van der Waals surface area contributed by atoms with Crippen LogP contribution in [-0.4, -0.2) is 24.7 Å². The van der Waals surface area contributed by atoms with Gasteiger partial charge in [0.1, 0.15) is 5.75 Å². The minimum Gasteiger partial charge on any atom is -0.496 e. The maximum Gasteiger partial charge on any atom is 0.336 e. The number of carboxylic acids is 1. The van der Waals surface area contributed by atoms with Gasteiger partial charge in [-0.1, -0.05) is 0 Å². The van der Waals surface area contributed by atoms with Crippen molar-refractivity contribution in [3.8, 4) is 5.75 Å². The molecule has 0 fully saturated rings. The Morgan fingerprint density at radius 1 is 1.47 bits per heavy atom. The van der Waals surface area contributed by atoms with Gasteiger partial charge in [-0.15, -0.1) is 0 Å². The van der Waals surface area contributed by atoms with E-state index in [1.54, 1.807) is 19.2 Å². The first-order valence-corrected chi connectivity index (χ1v) is 4.87. The Kier molecular flexibility index (Phi) is 2.60. The van der Waals surface area contributed by atoms with E-state index in [0.717, 1.165) is 29.8 Å². The number of benzene rings is 1. The highest BCUT2D eigenvalue weighted by Gasteiger charge is 2.20. The standard InChI is InChI=1S/C11H13NO3/c1-15-10-3-2-8(11(13)14)9-6-12-5-4-7(9)10/h2-3,12H,4-6H2,1H3,(H,13,14). The maximum atomic E-state index is 11.0. The number of carboxylic acid groups (broad SMARTS) is 1. The van der Waals surface area contributed by atoms with Crippen molar-refractivity contribution < 1.29 is 14.6 Å². The molecule has 0 aliphatic carbocycles. The normalized spacial score (nSPS) is 14.5. The smallest absolute Gasteiger partial charge is 0.336 e.